The molecule has 19 heavy (non-hydrogen) atoms. The molecule has 0 radical (unpaired) electrons. The molecule has 1 aromatic rings. The average Bonchev–Trinajstić information content (AvgIpc) is 2.33. The van der Waals surface area contributed by atoms with Crippen LogP contribution in [0.2, 0.25) is 0 Å². The Morgan fingerprint density at radius 3 is 2.53 bits per heavy atom. The highest BCUT2D eigenvalue weighted by atomic mass is 19.2. The number of benzene rings is 1. The lowest BCUT2D eigenvalue weighted by atomic mass is 9.68. The molecule has 3 heteroatoms. The molecule has 0 N–H and O–H groups in total. The van der Waals surface area contributed by atoms with Crippen LogP contribution < -0.4 is 0 Å². The van der Waals surface area contributed by atoms with Gasteiger partial charge in [0.05, 0.1) is 0 Å². The fourth-order valence-electron chi connectivity index (χ4n) is 2.98. The predicted molar refractivity (Wildman–Crippen MR) is 70.9 cm³/mol. The number of rotatable bonds is 2. The molecule has 102 valence electrons. The second-order valence-electron chi connectivity index (χ2n) is 5.86. The Hall–Kier alpha value is -1.51. The molecule has 0 heterocycles. The number of hydrogen-bond donors (Lipinski definition) is 0. The van der Waals surface area contributed by atoms with Crippen LogP contribution in [0.3, 0.4) is 0 Å². The number of carbonyl (C=O) groups is 1. The highest BCUT2D eigenvalue weighted by Crippen LogP contribution is 2.45. The zero-order chi connectivity index (χ0) is 14.2. The smallest absolute Gasteiger partial charge is 0.159 e. The molecule has 0 spiro atoms. The maximum Gasteiger partial charge on any atom is 0.159 e. The average molecular weight is 264 g/mol. The predicted octanol–water partition coefficient (Wildman–Crippen LogP) is 4.38. The molecule has 0 saturated heterocycles. The van der Waals surface area contributed by atoms with Gasteiger partial charge in [-0.1, -0.05) is 25.5 Å². The van der Waals surface area contributed by atoms with Gasteiger partial charge < -0.3 is 0 Å². The molecule has 0 fully saturated rings. The van der Waals surface area contributed by atoms with Crippen LogP contribution in [0.1, 0.15) is 45.1 Å². The van der Waals surface area contributed by atoms with Gasteiger partial charge in [0.2, 0.25) is 0 Å². The molecule has 0 aliphatic heterocycles. The Kier molecular flexibility index (Phi) is 3.57. The van der Waals surface area contributed by atoms with E-state index in [9.17, 15) is 13.6 Å². The molecule has 1 nitrogen and oxygen atoms in total. The summed E-state index contributed by atoms with van der Waals surface area (Å²) in [5.41, 5.74) is 2.36. The third kappa shape index (κ3) is 2.46. The number of allylic oxidation sites excluding steroid dienone is 2. The largest absolute Gasteiger partial charge is 0.298 e. The minimum atomic E-state index is -0.836. The van der Waals surface area contributed by atoms with E-state index in [1.165, 1.54) is 6.07 Å². The van der Waals surface area contributed by atoms with Crippen LogP contribution in [0.4, 0.5) is 8.78 Å². The zero-order valence-electron chi connectivity index (χ0n) is 11.5. The van der Waals surface area contributed by atoms with Crippen molar-refractivity contribution in [3.63, 3.8) is 0 Å². The fraction of sp³-hybridized carbons (Fsp3) is 0.438. The van der Waals surface area contributed by atoms with Crippen molar-refractivity contribution < 1.29 is 13.6 Å². The van der Waals surface area contributed by atoms with Gasteiger partial charge in [-0.2, -0.15) is 0 Å². The van der Waals surface area contributed by atoms with Gasteiger partial charge in [0.15, 0.2) is 11.6 Å². The highest BCUT2D eigenvalue weighted by molar-refractivity contribution is 5.77. The van der Waals surface area contributed by atoms with Crippen molar-refractivity contribution in [1.82, 2.24) is 0 Å². The van der Waals surface area contributed by atoms with Gasteiger partial charge in [0.1, 0.15) is 6.29 Å². The number of aldehydes is 1. The van der Waals surface area contributed by atoms with E-state index in [1.807, 2.05) is 20.8 Å². The minimum Gasteiger partial charge on any atom is -0.298 e. The highest BCUT2D eigenvalue weighted by Gasteiger charge is 2.33. The van der Waals surface area contributed by atoms with E-state index in [4.69, 9.17) is 0 Å². The van der Waals surface area contributed by atoms with Crippen molar-refractivity contribution in [3.8, 4) is 0 Å². The number of carbonyl (C=O) groups excluding carboxylic acids is 1. The van der Waals surface area contributed by atoms with Gasteiger partial charge in [-0.3, -0.25) is 4.79 Å². The number of halogens is 2. The fourth-order valence-corrected chi connectivity index (χ4v) is 2.98. The summed E-state index contributed by atoms with van der Waals surface area (Å²) in [6, 6.07) is 4.00. The molecule has 0 bridgehead atoms. The van der Waals surface area contributed by atoms with Gasteiger partial charge in [-0.05, 0) is 48.4 Å². The second-order valence-corrected chi connectivity index (χ2v) is 5.86. The lowest BCUT2D eigenvalue weighted by Gasteiger charge is -2.36. The van der Waals surface area contributed by atoms with Crippen molar-refractivity contribution in [2.75, 3.05) is 0 Å². The molecule has 1 aliphatic carbocycles. The first-order chi connectivity index (χ1) is 8.86. The maximum absolute atomic E-state index is 13.3. The Balaban J connectivity index is 2.46. The van der Waals surface area contributed by atoms with Gasteiger partial charge in [0.25, 0.3) is 0 Å². The lowest BCUT2D eigenvalue weighted by molar-refractivity contribution is -0.106. The van der Waals surface area contributed by atoms with E-state index in [0.717, 1.165) is 41.9 Å². The van der Waals surface area contributed by atoms with Gasteiger partial charge in [-0.25, -0.2) is 8.78 Å². The van der Waals surface area contributed by atoms with Crippen LogP contribution in [0, 0.1) is 17.0 Å². The maximum atomic E-state index is 13.3. The Morgan fingerprint density at radius 1 is 1.26 bits per heavy atom. The summed E-state index contributed by atoms with van der Waals surface area (Å²) < 4.78 is 26.3. The molecule has 0 saturated carbocycles. The van der Waals surface area contributed by atoms with Crippen molar-refractivity contribution in [2.45, 2.75) is 39.5 Å². The van der Waals surface area contributed by atoms with Gasteiger partial charge in [0, 0.05) is 5.92 Å². The van der Waals surface area contributed by atoms with Crippen LogP contribution in [-0.4, -0.2) is 6.29 Å². The molecule has 2 rings (SSSR count). The van der Waals surface area contributed by atoms with Crippen LogP contribution in [0.15, 0.2) is 29.3 Å². The monoisotopic (exact) mass is 264 g/mol. The molecule has 1 aliphatic rings. The quantitative estimate of drug-likeness (QED) is 0.724. The first-order valence-corrected chi connectivity index (χ1v) is 6.48. The van der Waals surface area contributed by atoms with E-state index in [-0.39, 0.29) is 11.3 Å². The van der Waals surface area contributed by atoms with Crippen LogP contribution in [0.5, 0.6) is 0 Å². The zero-order valence-corrected chi connectivity index (χ0v) is 11.5. The van der Waals surface area contributed by atoms with Crippen molar-refractivity contribution in [2.24, 2.45) is 5.41 Å². The third-order valence-electron chi connectivity index (χ3n) is 4.20. The van der Waals surface area contributed by atoms with Crippen LogP contribution >= 0.6 is 0 Å². The summed E-state index contributed by atoms with van der Waals surface area (Å²) in [5, 5.41) is 0. The third-order valence-corrected chi connectivity index (χ3v) is 4.20. The molecule has 0 aromatic heterocycles. The number of hydrogen-bond acceptors (Lipinski definition) is 1. The second kappa shape index (κ2) is 4.87. The van der Waals surface area contributed by atoms with Crippen molar-refractivity contribution in [3.05, 3.63) is 46.5 Å². The molecule has 1 atom stereocenters. The summed E-state index contributed by atoms with van der Waals surface area (Å²) in [4.78, 5) is 11.3. The van der Waals surface area contributed by atoms with Crippen molar-refractivity contribution in [1.29, 1.82) is 0 Å². The summed E-state index contributed by atoms with van der Waals surface area (Å²) in [6.07, 6.45) is 2.62. The molecular formula is C16H18F2O. The van der Waals surface area contributed by atoms with E-state index < -0.39 is 11.6 Å². The first kappa shape index (κ1) is 13.9. The molecular weight excluding hydrogens is 246 g/mol. The Bertz CT molecular complexity index is 544. The molecule has 0 amide bonds. The van der Waals surface area contributed by atoms with E-state index in [1.54, 1.807) is 6.07 Å². The standard InChI is InChI=1S/C16H18F2O/c1-10-12(6-7-16(2,3)13(10)9-19)11-4-5-14(17)15(18)8-11/h4-5,8-9,12H,6-7H2,1-3H3. The van der Waals surface area contributed by atoms with Crippen LogP contribution in [-0.2, 0) is 4.79 Å². The van der Waals surface area contributed by atoms with E-state index in [2.05, 4.69) is 0 Å². The summed E-state index contributed by atoms with van der Waals surface area (Å²) in [7, 11) is 0. The normalized spacial score (nSPS) is 22.5. The van der Waals surface area contributed by atoms with Crippen molar-refractivity contribution >= 4 is 6.29 Å². The topological polar surface area (TPSA) is 17.1 Å². The SMILES string of the molecule is CC1=C(C=O)C(C)(C)CCC1c1ccc(F)c(F)c1. The van der Waals surface area contributed by atoms with Crippen LogP contribution in [0.25, 0.3) is 0 Å². The molecule has 1 unspecified atom stereocenters. The first-order valence-electron chi connectivity index (χ1n) is 6.48. The molecule has 1 aromatic carbocycles. The lowest BCUT2D eigenvalue weighted by Crippen LogP contribution is -2.25. The summed E-state index contributed by atoms with van der Waals surface area (Å²) in [5.74, 6) is -1.66. The van der Waals surface area contributed by atoms with E-state index in [0.29, 0.717) is 0 Å². The van der Waals surface area contributed by atoms with Gasteiger partial charge in [-0.15, -0.1) is 0 Å². The van der Waals surface area contributed by atoms with E-state index >= 15 is 0 Å². The summed E-state index contributed by atoms with van der Waals surface area (Å²) in [6.45, 7) is 6.00. The summed E-state index contributed by atoms with van der Waals surface area (Å²) >= 11 is 0. The van der Waals surface area contributed by atoms with Gasteiger partial charge >= 0.3 is 0 Å². The Morgan fingerprint density at radius 2 is 1.95 bits per heavy atom. The Labute approximate surface area is 112 Å². The minimum absolute atomic E-state index is 0.00308.